The molecule has 0 aliphatic carbocycles. The Morgan fingerprint density at radius 1 is 1.06 bits per heavy atom. The van der Waals surface area contributed by atoms with E-state index in [4.69, 9.17) is 19.2 Å². The smallest absolute Gasteiger partial charge is 0.410 e. The molecule has 2 fully saturated rings. The van der Waals surface area contributed by atoms with Crippen LogP contribution in [0.1, 0.15) is 64.9 Å². The monoisotopic (exact) mass is 724 g/mol. The SMILES string of the molecule is CC(=O)O[C@@H](C)C(=O)N(C[C@@H]1CN(C(=O)OC(C)(C)C)C[C@H]1C(=O)O)C(c1nc(-c2cc(F)ccc2F)cn1Cc1ccccc1)C1CCOCC1. The molecule has 2 aromatic carbocycles. The number of carbonyl (C=O) groups is 4. The van der Waals surface area contributed by atoms with E-state index >= 15 is 4.39 Å². The predicted octanol–water partition coefficient (Wildman–Crippen LogP) is 5.69. The van der Waals surface area contributed by atoms with E-state index in [2.05, 4.69) is 0 Å². The van der Waals surface area contributed by atoms with Gasteiger partial charge in [0.25, 0.3) is 5.91 Å². The van der Waals surface area contributed by atoms with Crippen LogP contribution in [-0.4, -0.2) is 92.9 Å². The molecule has 12 nitrogen and oxygen atoms in total. The maximum atomic E-state index is 15.2. The number of likely N-dealkylation sites (tertiary alicyclic amines) is 1. The fourth-order valence-corrected chi connectivity index (χ4v) is 6.97. The summed E-state index contributed by atoms with van der Waals surface area (Å²) in [6, 6.07) is 11.7. The standard InChI is InChI=1S/C38H46F2N4O8/c1-23(51-24(2)45)35(46)44(20-27-19-43(21-30(27)36(47)48)37(49)52-38(3,4)5)33(26-13-15-50-16-14-26)34-41-32(29-17-28(39)11-12-31(29)40)22-42(34)18-25-9-7-6-8-10-25/h6-12,17,22-23,26-27,30,33H,13-16,18-21H2,1-5H3,(H,47,48)/t23-,27-,30+,33?/m0/s1. The van der Waals surface area contributed by atoms with Gasteiger partial charge in [-0.15, -0.1) is 0 Å². The summed E-state index contributed by atoms with van der Waals surface area (Å²) in [6.45, 7) is 8.48. The van der Waals surface area contributed by atoms with Crippen LogP contribution >= 0.6 is 0 Å². The molecule has 4 atom stereocenters. The number of aromatic nitrogens is 2. The zero-order valence-electron chi connectivity index (χ0n) is 30.1. The van der Waals surface area contributed by atoms with Crippen LogP contribution in [0.15, 0.2) is 54.7 Å². The van der Waals surface area contributed by atoms with Gasteiger partial charge in [-0.3, -0.25) is 14.4 Å². The minimum absolute atomic E-state index is 0.0175. The number of hydrogen-bond donors (Lipinski definition) is 1. The van der Waals surface area contributed by atoms with Gasteiger partial charge in [-0.1, -0.05) is 30.3 Å². The van der Waals surface area contributed by atoms with Crippen LogP contribution in [0.3, 0.4) is 0 Å². The highest BCUT2D eigenvalue weighted by Crippen LogP contribution is 2.39. The van der Waals surface area contributed by atoms with Crippen LogP contribution in [0, 0.1) is 29.4 Å². The minimum Gasteiger partial charge on any atom is -0.481 e. The molecule has 3 heterocycles. The van der Waals surface area contributed by atoms with Gasteiger partial charge in [0, 0.05) is 64.0 Å². The molecule has 2 aliphatic heterocycles. The van der Waals surface area contributed by atoms with Crippen molar-refractivity contribution in [3.05, 3.63) is 77.8 Å². The number of halogens is 2. The number of hydrogen-bond acceptors (Lipinski definition) is 8. The zero-order chi connectivity index (χ0) is 37.7. The van der Waals surface area contributed by atoms with Crippen molar-refractivity contribution >= 4 is 23.9 Å². The van der Waals surface area contributed by atoms with Crippen molar-refractivity contribution in [2.75, 3.05) is 32.8 Å². The van der Waals surface area contributed by atoms with E-state index in [0.717, 1.165) is 23.8 Å². The summed E-state index contributed by atoms with van der Waals surface area (Å²) < 4.78 is 48.1. The third-order valence-corrected chi connectivity index (χ3v) is 9.33. The van der Waals surface area contributed by atoms with Crippen molar-refractivity contribution in [1.82, 2.24) is 19.4 Å². The van der Waals surface area contributed by atoms with E-state index in [1.54, 1.807) is 31.5 Å². The largest absolute Gasteiger partial charge is 0.481 e. The normalized spacial score (nSPS) is 19.2. The number of amides is 2. The Morgan fingerprint density at radius 3 is 2.38 bits per heavy atom. The van der Waals surface area contributed by atoms with Crippen molar-refractivity contribution in [3.63, 3.8) is 0 Å². The lowest BCUT2D eigenvalue weighted by Crippen LogP contribution is -2.49. The average molecular weight is 725 g/mol. The van der Waals surface area contributed by atoms with Gasteiger partial charge in [0.2, 0.25) is 0 Å². The van der Waals surface area contributed by atoms with Crippen molar-refractivity contribution in [2.45, 2.75) is 71.8 Å². The molecule has 1 N–H and O–H groups in total. The topological polar surface area (TPSA) is 141 Å². The third-order valence-electron chi connectivity index (χ3n) is 9.33. The Balaban J connectivity index is 1.66. The Labute approximate surface area is 301 Å². The van der Waals surface area contributed by atoms with E-state index in [-0.39, 0.29) is 43.4 Å². The number of imidazole rings is 1. The molecule has 280 valence electrons. The second-order valence-corrected chi connectivity index (χ2v) is 14.4. The summed E-state index contributed by atoms with van der Waals surface area (Å²) in [4.78, 5) is 60.2. The first-order chi connectivity index (χ1) is 24.6. The summed E-state index contributed by atoms with van der Waals surface area (Å²) in [5, 5.41) is 10.3. The van der Waals surface area contributed by atoms with Gasteiger partial charge in [0.1, 0.15) is 23.1 Å². The molecule has 0 saturated carbocycles. The van der Waals surface area contributed by atoms with Gasteiger partial charge < -0.3 is 33.7 Å². The van der Waals surface area contributed by atoms with Crippen LogP contribution in [0.4, 0.5) is 13.6 Å². The number of nitrogens with zero attached hydrogens (tertiary/aromatic N) is 4. The van der Waals surface area contributed by atoms with E-state index < -0.39 is 65.2 Å². The first-order valence-electron chi connectivity index (χ1n) is 17.4. The molecule has 2 aliphatic rings. The molecule has 2 saturated heterocycles. The summed E-state index contributed by atoms with van der Waals surface area (Å²) >= 11 is 0. The number of ether oxygens (including phenoxy) is 3. The maximum Gasteiger partial charge on any atom is 0.410 e. The van der Waals surface area contributed by atoms with Gasteiger partial charge in [0.05, 0.1) is 17.7 Å². The Kier molecular flexibility index (Phi) is 12.0. The molecule has 1 aromatic heterocycles. The van der Waals surface area contributed by atoms with Gasteiger partial charge in [-0.25, -0.2) is 18.6 Å². The lowest BCUT2D eigenvalue weighted by molar-refractivity contribution is -0.160. The van der Waals surface area contributed by atoms with Crippen LogP contribution in [-0.2, 0) is 35.1 Å². The van der Waals surface area contributed by atoms with E-state index in [9.17, 15) is 28.7 Å². The molecular formula is C38H46F2N4O8. The molecular weight excluding hydrogens is 678 g/mol. The van der Waals surface area contributed by atoms with Gasteiger partial charge >= 0.3 is 18.0 Å². The fourth-order valence-electron chi connectivity index (χ4n) is 6.97. The highest BCUT2D eigenvalue weighted by molar-refractivity contribution is 5.84. The molecule has 0 radical (unpaired) electrons. The summed E-state index contributed by atoms with van der Waals surface area (Å²) in [5.41, 5.74) is 0.123. The number of aliphatic carboxylic acids is 1. The number of carboxylic acid groups (broad SMARTS) is 1. The minimum atomic E-state index is -1.26. The van der Waals surface area contributed by atoms with Crippen LogP contribution < -0.4 is 0 Å². The van der Waals surface area contributed by atoms with Gasteiger partial charge in [-0.05, 0) is 70.2 Å². The van der Waals surface area contributed by atoms with Crippen LogP contribution in [0.25, 0.3) is 11.3 Å². The van der Waals surface area contributed by atoms with Crippen molar-refractivity contribution in [2.24, 2.45) is 17.8 Å². The lowest BCUT2D eigenvalue weighted by Gasteiger charge is -2.41. The maximum absolute atomic E-state index is 15.2. The van der Waals surface area contributed by atoms with Crippen molar-refractivity contribution < 1.29 is 47.3 Å². The summed E-state index contributed by atoms with van der Waals surface area (Å²) in [5.74, 6) is -5.50. The molecule has 0 bridgehead atoms. The number of carboxylic acids is 1. The Bertz CT molecular complexity index is 1750. The second-order valence-electron chi connectivity index (χ2n) is 14.4. The first kappa shape index (κ1) is 38.4. The summed E-state index contributed by atoms with van der Waals surface area (Å²) in [6.07, 6.45) is 0.674. The van der Waals surface area contributed by atoms with Crippen molar-refractivity contribution in [1.29, 1.82) is 0 Å². The lowest BCUT2D eigenvalue weighted by atomic mass is 9.87. The molecule has 2 amide bonds. The number of carbonyl (C=O) groups excluding carboxylic acids is 3. The van der Waals surface area contributed by atoms with Crippen LogP contribution in [0.5, 0.6) is 0 Å². The van der Waals surface area contributed by atoms with Gasteiger partial charge in [0.15, 0.2) is 6.10 Å². The number of esters is 1. The molecule has 14 heteroatoms. The molecule has 1 unspecified atom stereocenters. The van der Waals surface area contributed by atoms with E-state index in [0.29, 0.717) is 31.9 Å². The van der Waals surface area contributed by atoms with Crippen molar-refractivity contribution in [3.8, 4) is 11.3 Å². The first-order valence-corrected chi connectivity index (χ1v) is 17.4. The molecule has 3 aromatic rings. The Hall–Kier alpha value is -4.85. The average Bonchev–Trinajstić information content (AvgIpc) is 3.70. The van der Waals surface area contributed by atoms with E-state index in [1.807, 2.05) is 30.3 Å². The predicted molar refractivity (Wildman–Crippen MR) is 185 cm³/mol. The fraction of sp³-hybridized carbons (Fsp3) is 0.500. The zero-order valence-corrected chi connectivity index (χ0v) is 30.1. The third kappa shape index (κ3) is 9.32. The quantitative estimate of drug-likeness (QED) is 0.247. The molecule has 52 heavy (non-hydrogen) atoms. The highest BCUT2D eigenvalue weighted by atomic mass is 19.1. The Morgan fingerprint density at radius 2 is 1.75 bits per heavy atom. The number of benzene rings is 2. The molecule has 5 rings (SSSR count). The highest BCUT2D eigenvalue weighted by Gasteiger charge is 2.46. The summed E-state index contributed by atoms with van der Waals surface area (Å²) in [7, 11) is 0. The van der Waals surface area contributed by atoms with Crippen LogP contribution in [0.2, 0.25) is 0 Å². The second kappa shape index (κ2) is 16.2. The van der Waals surface area contributed by atoms with Gasteiger partial charge in [-0.2, -0.15) is 0 Å². The molecule has 0 spiro atoms. The van der Waals surface area contributed by atoms with E-state index in [1.165, 1.54) is 23.6 Å². The number of rotatable bonds is 11.